The highest BCUT2D eigenvalue weighted by Crippen LogP contribution is 2.41. The molecule has 1 aliphatic rings. The number of aryl methyl sites for hydroxylation is 1. The van der Waals surface area contributed by atoms with Crippen molar-refractivity contribution in [2.24, 2.45) is 0 Å². The molecule has 0 spiro atoms. The minimum atomic E-state index is -0.404. The maximum Gasteiger partial charge on any atom is 0.311 e. The Morgan fingerprint density at radius 1 is 1.21 bits per heavy atom. The quantitative estimate of drug-likeness (QED) is 0.585. The van der Waals surface area contributed by atoms with Crippen LogP contribution in [0.25, 0.3) is 5.57 Å². The fourth-order valence-corrected chi connectivity index (χ4v) is 2.95. The lowest BCUT2D eigenvalue weighted by Crippen LogP contribution is -2.02. The number of allylic oxidation sites excluding steroid dienone is 1. The molecule has 0 aromatic heterocycles. The molecule has 2 aromatic rings. The number of halogens is 1. The summed E-state index contributed by atoms with van der Waals surface area (Å²) in [6.07, 6.45) is 3.72. The zero-order valence-corrected chi connectivity index (χ0v) is 14.2. The van der Waals surface area contributed by atoms with Crippen molar-refractivity contribution in [3.05, 3.63) is 68.9 Å². The molecular weight excluding hydrogens is 328 g/mol. The van der Waals surface area contributed by atoms with Crippen molar-refractivity contribution >= 4 is 22.9 Å². The molecule has 0 amide bonds. The van der Waals surface area contributed by atoms with E-state index in [0.29, 0.717) is 10.8 Å². The topological polar surface area (TPSA) is 55.6 Å². The van der Waals surface area contributed by atoms with Gasteiger partial charge in [-0.3, -0.25) is 10.1 Å². The van der Waals surface area contributed by atoms with Gasteiger partial charge in [-0.05, 0) is 59.9 Å². The summed E-state index contributed by atoms with van der Waals surface area (Å²) in [5, 5.41) is 12.0. The van der Waals surface area contributed by atoms with E-state index in [0.717, 1.165) is 29.5 Å². The maximum atomic E-state index is 11.4. The van der Waals surface area contributed by atoms with Gasteiger partial charge in [0, 0.05) is 31.4 Å². The van der Waals surface area contributed by atoms with Crippen LogP contribution in [0.2, 0.25) is 5.02 Å². The SMILES string of the molecule is CN(C)C=C1CCc2cc([N+](=O)[O-])c(Oc3ccc(Cl)cc3)cc21. The predicted molar refractivity (Wildman–Crippen MR) is 94.6 cm³/mol. The number of nitro groups is 1. The molecular formula is C18H17ClN2O3. The average Bonchev–Trinajstić information content (AvgIpc) is 2.90. The summed E-state index contributed by atoms with van der Waals surface area (Å²) in [6, 6.07) is 10.1. The van der Waals surface area contributed by atoms with E-state index in [4.69, 9.17) is 16.3 Å². The zero-order chi connectivity index (χ0) is 17.3. The Balaban J connectivity index is 2.04. The number of nitrogens with zero attached hydrogens (tertiary/aromatic N) is 2. The van der Waals surface area contributed by atoms with Gasteiger partial charge in [-0.1, -0.05) is 11.6 Å². The molecule has 6 heteroatoms. The van der Waals surface area contributed by atoms with Gasteiger partial charge in [-0.25, -0.2) is 0 Å². The molecule has 0 heterocycles. The van der Waals surface area contributed by atoms with E-state index in [1.165, 1.54) is 0 Å². The van der Waals surface area contributed by atoms with E-state index in [-0.39, 0.29) is 11.4 Å². The standard InChI is InChI=1S/C18H17ClN2O3/c1-20(2)11-13-4-3-12-9-17(21(22)23)18(10-16(12)13)24-15-7-5-14(19)6-8-15/h5-11H,3-4H2,1-2H3. The van der Waals surface area contributed by atoms with Gasteiger partial charge < -0.3 is 9.64 Å². The highest BCUT2D eigenvalue weighted by Gasteiger charge is 2.25. The molecule has 124 valence electrons. The second kappa shape index (κ2) is 6.53. The second-order valence-electron chi connectivity index (χ2n) is 5.91. The van der Waals surface area contributed by atoms with Crippen LogP contribution >= 0.6 is 11.6 Å². The van der Waals surface area contributed by atoms with Crippen LogP contribution in [0, 0.1) is 10.1 Å². The van der Waals surface area contributed by atoms with Crippen molar-refractivity contribution < 1.29 is 9.66 Å². The third-order valence-corrected chi connectivity index (χ3v) is 4.10. The highest BCUT2D eigenvalue weighted by molar-refractivity contribution is 6.30. The minimum Gasteiger partial charge on any atom is -0.450 e. The fourth-order valence-electron chi connectivity index (χ4n) is 2.82. The molecule has 1 aliphatic carbocycles. The van der Waals surface area contributed by atoms with Gasteiger partial charge in [0.05, 0.1) is 4.92 Å². The number of nitro benzene ring substituents is 1. The molecule has 3 rings (SSSR count). The number of fused-ring (bicyclic) bond motifs is 1. The van der Waals surface area contributed by atoms with E-state index in [2.05, 4.69) is 0 Å². The molecule has 0 radical (unpaired) electrons. The average molecular weight is 345 g/mol. The molecule has 0 bridgehead atoms. The molecule has 0 atom stereocenters. The first kappa shape index (κ1) is 16.3. The van der Waals surface area contributed by atoms with Crippen LogP contribution in [0.1, 0.15) is 17.5 Å². The molecule has 0 fully saturated rings. The third kappa shape index (κ3) is 3.36. The summed E-state index contributed by atoms with van der Waals surface area (Å²) in [5.74, 6) is 0.756. The lowest BCUT2D eigenvalue weighted by Gasteiger charge is -2.11. The van der Waals surface area contributed by atoms with E-state index >= 15 is 0 Å². The first-order chi connectivity index (χ1) is 11.4. The van der Waals surface area contributed by atoms with Crippen LogP contribution in [0.3, 0.4) is 0 Å². The third-order valence-electron chi connectivity index (χ3n) is 3.85. The number of rotatable bonds is 4. The van der Waals surface area contributed by atoms with Gasteiger partial charge in [0.25, 0.3) is 0 Å². The van der Waals surface area contributed by atoms with Gasteiger partial charge in [0.1, 0.15) is 5.75 Å². The Labute approximate surface area is 145 Å². The van der Waals surface area contributed by atoms with Crippen molar-refractivity contribution in [1.82, 2.24) is 4.90 Å². The molecule has 0 saturated heterocycles. The highest BCUT2D eigenvalue weighted by atomic mass is 35.5. The number of hydrogen-bond donors (Lipinski definition) is 0. The number of hydrogen-bond acceptors (Lipinski definition) is 4. The van der Waals surface area contributed by atoms with Crippen LogP contribution in [0.5, 0.6) is 11.5 Å². The summed E-state index contributed by atoms with van der Waals surface area (Å²) in [6.45, 7) is 0. The van der Waals surface area contributed by atoms with E-state index in [9.17, 15) is 10.1 Å². The van der Waals surface area contributed by atoms with Crippen molar-refractivity contribution in [3.8, 4) is 11.5 Å². The number of benzene rings is 2. The Hall–Kier alpha value is -2.53. The first-order valence-corrected chi connectivity index (χ1v) is 7.94. The molecule has 0 N–H and O–H groups in total. The van der Waals surface area contributed by atoms with Crippen molar-refractivity contribution in [1.29, 1.82) is 0 Å². The van der Waals surface area contributed by atoms with Gasteiger partial charge in [0.2, 0.25) is 5.75 Å². The van der Waals surface area contributed by atoms with Crippen LogP contribution < -0.4 is 4.74 Å². The van der Waals surface area contributed by atoms with E-state index in [1.807, 2.05) is 25.2 Å². The molecule has 0 saturated carbocycles. The molecule has 0 aliphatic heterocycles. The van der Waals surface area contributed by atoms with Crippen LogP contribution in [-0.2, 0) is 6.42 Å². The monoisotopic (exact) mass is 344 g/mol. The van der Waals surface area contributed by atoms with Crippen molar-refractivity contribution in [2.45, 2.75) is 12.8 Å². The van der Waals surface area contributed by atoms with Gasteiger partial charge in [-0.2, -0.15) is 0 Å². The molecule has 24 heavy (non-hydrogen) atoms. The predicted octanol–water partition coefficient (Wildman–Crippen LogP) is 4.89. The number of ether oxygens (including phenoxy) is 1. The Bertz CT molecular complexity index is 814. The molecule has 2 aromatic carbocycles. The van der Waals surface area contributed by atoms with Crippen LogP contribution in [0.4, 0.5) is 5.69 Å². The summed E-state index contributed by atoms with van der Waals surface area (Å²) in [5.41, 5.74) is 3.14. The smallest absolute Gasteiger partial charge is 0.311 e. The maximum absolute atomic E-state index is 11.4. The summed E-state index contributed by atoms with van der Waals surface area (Å²) < 4.78 is 5.76. The van der Waals surface area contributed by atoms with Crippen molar-refractivity contribution in [2.75, 3.05) is 14.1 Å². The lowest BCUT2D eigenvalue weighted by molar-refractivity contribution is -0.385. The molecule has 5 nitrogen and oxygen atoms in total. The van der Waals surface area contributed by atoms with Crippen molar-refractivity contribution in [3.63, 3.8) is 0 Å². The van der Waals surface area contributed by atoms with E-state index in [1.54, 1.807) is 36.4 Å². The Morgan fingerprint density at radius 3 is 2.54 bits per heavy atom. The fraction of sp³-hybridized carbons (Fsp3) is 0.222. The van der Waals surface area contributed by atoms with Crippen LogP contribution in [-0.4, -0.2) is 23.9 Å². The summed E-state index contributed by atoms with van der Waals surface area (Å²) in [7, 11) is 3.92. The lowest BCUT2D eigenvalue weighted by atomic mass is 10.1. The van der Waals surface area contributed by atoms with Crippen LogP contribution in [0.15, 0.2) is 42.6 Å². The first-order valence-electron chi connectivity index (χ1n) is 7.56. The summed E-state index contributed by atoms with van der Waals surface area (Å²) in [4.78, 5) is 13.0. The van der Waals surface area contributed by atoms with Gasteiger partial charge >= 0.3 is 5.69 Å². The molecule has 0 unspecified atom stereocenters. The normalized spacial score (nSPS) is 14.5. The second-order valence-corrected chi connectivity index (χ2v) is 6.34. The largest absolute Gasteiger partial charge is 0.450 e. The van der Waals surface area contributed by atoms with E-state index < -0.39 is 4.92 Å². The Kier molecular flexibility index (Phi) is 4.44. The van der Waals surface area contributed by atoms with Gasteiger partial charge in [0.15, 0.2) is 0 Å². The zero-order valence-electron chi connectivity index (χ0n) is 13.5. The van der Waals surface area contributed by atoms with Gasteiger partial charge in [-0.15, -0.1) is 0 Å². The summed E-state index contributed by atoms with van der Waals surface area (Å²) >= 11 is 5.86. The Morgan fingerprint density at radius 2 is 1.92 bits per heavy atom. The minimum absolute atomic E-state index is 0.0187.